The molecule has 0 aromatic carbocycles. The standard InChI is InChI=1S/C16H27N3/c1-16(2,3)19-14(17)13(11-9-6-10-11)18-15(19)12-7-4-5-8-12/h11-12H,4-10,17H2,1-3H3. The fourth-order valence-corrected chi connectivity index (χ4v) is 3.61. The van der Waals surface area contributed by atoms with E-state index in [1.807, 2.05) is 0 Å². The predicted octanol–water partition coefficient (Wildman–Crippen LogP) is 4.15. The second kappa shape index (κ2) is 4.53. The minimum atomic E-state index is 0.0387. The Morgan fingerprint density at radius 3 is 2.05 bits per heavy atom. The van der Waals surface area contributed by atoms with E-state index >= 15 is 0 Å². The van der Waals surface area contributed by atoms with Crippen LogP contribution in [-0.2, 0) is 5.54 Å². The van der Waals surface area contributed by atoms with Gasteiger partial charge in [0.15, 0.2) is 0 Å². The molecule has 2 fully saturated rings. The van der Waals surface area contributed by atoms with Crippen molar-refractivity contribution in [1.82, 2.24) is 9.55 Å². The Balaban J connectivity index is 2.05. The first-order chi connectivity index (χ1) is 8.98. The third kappa shape index (κ3) is 2.17. The lowest BCUT2D eigenvalue weighted by atomic mass is 9.83. The summed E-state index contributed by atoms with van der Waals surface area (Å²) in [5, 5.41) is 0. The highest BCUT2D eigenvalue weighted by molar-refractivity contribution is 5.43. The number of nitrogens with zero attached hydrogens (tertiary/aromatic N) is 2. The van der Waals surface area contributed by atoms with Crippen LogP contribution in [0.4, 0.5) is 5.82 Å². The summed E-state index contributed by atoms with van der Waals surface area (Å²) in [6.45, 7) is 6.73. The number of aromatic nitrogens is 2. The van der Waals surface area contributed by atoms with Crippen molar-refractivity contribution in [2.75, 3.05) is 5.73 Å². The van der Waals surface area contributed by atoms with Gasteiger partial charge < -0.3 is 10.3 Å². The van der Waals surface area contributed by atoms with Crippen LogP contribution in [0.3, 0.4) is 0 Å². The normalized spacial score (nSPS) is 21.8. The Labute approximate surface area is 116 Å². The van der Waals surface area contributed by atoms with E-state index in [-0.39, 0.29) is 5.54 Å². The van der Waals surface area contributed by atoms with Crippen molar-refractivity contribution in [2.45, 2.75) is 83.1 Å². The maximum absolute atomic E-state index is 6.47. The van der Waals surface area contributed by atoms with Gasteiger partial charge >= 0.3 is 0 Å². The molecule has 19 heavy (non-hydrogen) atoms. The number of imidazole rings is 1. The second-order valence-electron chi connectivity index (χ2n) is 7.36. The molecule has 3 rings (SSSR count). The third-order valence-corrected chi connectivity index (χ3v) is 4.85. The van der Waals surface area contributed by atoms with Gasteiger partial charge in [0.2, 0.25) is 0 Å². The predicted molar refractivity (Wildman–Crippen MR) is 79.4 cm³/mol. The van der Waals surface area contributed by atoms with Gasteiger partial charge in [-0.3, -0.25) is 0 Å². The number of rotatable bonds is 2. The van der Waals surface area contributed by atoms with Crippen molar-refractivity contribution in [3.05, 3.63) is 11.5 Å². The van der Waals surface area contributed by atoms with Crippen molar-refractivity contribution in [1.29, 1.82) is 0 Å². The van der Waals surface area contributed by atoms with Gasteiger partial charge in [0, 0.05) is 17.4 Å². The molecule has 1 heterocycles. The summed E-state index contributed by atoms with van der Waals surface area (Å²) in [7, 11) is 0. The van der Waals surface area contributed by atoms with Crippen LogP contribution in [0.5, 0.6) is 0 Å². The highest BCUT2D eigenvalue weighted by Crippen LogP contribution is 2.43. The average molecular weight is 261 g/mol. The van der Waals surface area contributed by atoms with Gasteiger partial charge in [-0.05, 0) is 46.5 Å². The number of hydrogen-bond donors (Lipinski definition) is 1. The Kier molecular flexibility index (Phi) is 3.11. The van der Waals surface area contributed by atoms with Crippen molar-refractivity contribution in [3.63, 3.8) is 0 Å². The maximum atomic E-state index is 6.47. The molecule has 106 valence electrons. The number of anilines is 1. The highest BCUT2D eigenvalue weighted by atomic mass is 15.2. The molecule has 0 aliphatic heterocycles. The molecule has 0 unspecified atom stereocenters. The van der Waals surface area contributed by atoms with Crippen LogP contribution < -0.4 is 5.73 Å². The van der Waals surface area contributed by atoms with Crippen LogP contribution in [0.2, 0.25) is 0 Å². The topological polar surface area (TPSA) is 43.8 Å². The lowest BCUT2D eigenvalue weighted by molar-refractivity contribution is 0.376. The van der Waals surface area contributed by atoms with E-state index in [4.69, 9.17) is 10.7 Å². The summed E-state index contributed by atoms with van der Waals surface area (Å²) >= 11 is 0. The van der Waals surface area contributed by atoms with Crippen LogP contribution in [-0.4, -0.2) is 9.55 Å². The first-order valence-corrected chi connectivity index (χ1v) is 7.87. The second-order valence-corrected chi connectivity index (χ2v) is 7.36. The van der Waals surface area contributed by atoms with Gasteiger partial charge in [-0.2, -0.15) is 0 Å². The van der Waals surface area contributed by atoms with Crippen molar-refractivity contribution < 1.29 is 0 Å². The molecule has 3 nitrogen and oxygen atoms in total. The van der Waals surface area contributed by atoms with E-state index in [1.165, 1.54) is 56.5 Å². The molecule has 2 aliphatic carbocycles. The molecule has 1 aromatic heterocycles. The van der Waals surface area contributed by atoms with Gasteiger partial charge in [-0.25, -0.2) is 4.98 Å². The van der Waals surface area contributed by atoms with Gasteiger partial charge in [-0.1, -0.05) is 19.3 Å². The zero-order chi connectivity index (χ0) is 13.6. The summed E-state index contributed by atoms with van der Waals surface area (Å²) in [4.78, 5) is 5.02. The van der Waals surface area contributed by atoms with E-state index in [1.54, 1.807) is 0 Å². The molecule has 2 saturated carbocycles. The Hall–Kier alpha value is -0.990. The number of nitrogens with two attached hydrogens (primary N) is 1. The summed E-state index contributed by atoms with van der Waals surface area (Å²) in [6.07, 6.45) is 9.16. The molecule has 0 saturated heterocycles. The molecule has 3 heteroatoms. The van der Waals surface area contributed by atoms with Crippen LogP contribution in [0.15, 0.2) is 0 Å². The molecule has 0 amide bonds. The number of nitrogen functional groups attached to an aromatic ring is 1. The van der Waals surface area contributed by atoms with E-state index in [0.29, 0.717) is 11.8 Å². The van der Waals surface area contributed by atoms with Crippen LogP contribution in [0.1, 0.15) is 89.1 Å². The fraction of sp³-hybridized carbons (Fsp3) is 0.812. The van der Waals surface area contributed by atoms with Crippen LogP contribution in [0.25, 0.3) is 0 Å². The summed E-state index contributed by atoms with van der Waals surface area (Å²) in [6, 6.07) is 0. The minimum Gasteiger partial charge on any atom is -0.384 e. The first-order valence-electron chi connectivity index (χ1n) is 7.87. The summed E-state index contributed by atoms with van der Waals surface area (Å²) in [5.74, 6) is 3.47. The Bertz CT molecular complexity index is 457. The molecule has 0 spiro atoms. The largest absolute Gasteiger partial charge is 0.384 e. The monoisotopic (exact) mass is 261 g/mol. The summed E-state index contributed by atoms with van der Waals surface area (Å²) in [5.41, 5.74) is 7.70. The van der Waals surface area contributed by atoms with Gasteiger partial charge in [0.25, 0.3) is 0 Å². The van der Waals surface area contributed by atoms with Crippen LogP contribution >= 0.6 is 0 Å². The zero-order valence-electron chi connectivity index (χ0n) is 12.6. The quantitative estimate of drug-likeness (QED) is 0.869. The average Bonchev–Trinajstić information content (AvgIpc) is 2.82. The van der Waals surface area contributed by atoms with Gasteiger partial charge in [0.1, 0.15) is 11.6 Å². The molecular formula is C16H27N3. The highest BCUT2D eigenvalue weighted by Gasteiger charge is 2.33. The smallest absolute Gasteiger partial charge is 0.127 e. The molecule has 0 atom stereocenters. The third-order valence-electron chi connectivity index (χ3n) is 4.85. The molecular weight excluding hydrogens is 234 g/mol. The lowest BCUT2D eigenvalue weighted by Gasteiger charge is -2.28. The SMILES string of the molecule is CC(C)(C)n1c(C2CCCC2)nc(C2CCC2)c1N. The van der Waals surface area contributed by atoms with Gasteiger partial charge in [0.05, 0.1) is 5.69 Å². The summed E-state index contributed by atoms with van der Waals surface area (Å²) < 4.78 is 2.33. The Morgan fingerprint density at radius 1 is 1.00 bits per heavy atom. The molecule has 0 radical (unpaired) electrons. The first kappa shape index (κ1) is 13.0. The maximum Gasteiger partial charge on any atom is 0.127 e. The van der Waals surface area contributed by atoms with Crippen molar-refractivity contribution >= 4 is 5.82 Å². The fourth-order valence-electron chi connectivity index (χ4n) is 3.61. The van der Waals surface area contributed by atoms with Crippen molar-refractivity contribution in [3.8, 4) is 0 Å². The number of hydrogen-bond acceptors (Lipinski definition) is 2. The molecule has 1 aromatic rings. The Morgan fingerprint density at radius 2 is 1.58 bits per heavy atom. The van der Waals surface area contributed by atoms with E-state index in [9.17, 15) is 0 Å². The lowest BCUT2D eigenvalue weighted by Crippen LogP contribution is -2.27. The van der Waals surface area contributed by atoms with E-state index in [2.05, 4.69) is 25.3 Å². The molecule has 2 N–H and O–H groups in total. The molecule has 2 aliphatic rings. The van der Waals surface area contributed by atoms with Gasteiger partial charge in [-0.15, -0.1) is 0 Å². The minimum absolute atomic E-state index is 0.0387. The van der Waals surface area contributed by atoms with E-state index < -0.39 is 0 Å². The van der Waals surface area contributed by atoms with Crippen molar-refractivity contribution in [2.24, 2.45) is 0 Å². The van der Waals surface area contributed by atoms with E-state index in [0.717, 1.165) is 5.82 Å². The zero-order valence-corrected chi connectivity index (χ0v) is 12.6. The molecule has 0 bridgehead atoms. The van der Waals surface area contributed by atoms with Crippen LogP contribution in [0, 0.1) is 0 Å².